The predicted molar refractivity (Wildman–Crippen MR) is 79.7 cm³/mol. The van der Waals surface area contributed by atoms with Crippen molar-refractivity contribution < 1.29 is 19.0 Å². The minimum Gasteiger partial charge on any atom is -0.396 e. The third-order valence-corrected chi connectivity index (χ3v) is 3.52. The molecule has 0 amide bonds. The van der Waals surface area contributed by atoms with Crippen LogP contribution < -0.4 is 11.1 Å². The predicted octanol–water partition coefficient (Wildman–Crippen LogP) is 1.57. The van der Waals surface area contributed by atoms with Gasteiger partial charge in [0, 0.05) is 6.42 Å². The summed E-state index contributed by atoms with van der Waals surface area (Å²) in [7, 11) is 0. The number of aliphatic hydroxyl groups excluding tert-OH is 2. The smallest absolute Gasteiger partial charge is 0.145 e. The van der Waals surface area contributed by atoms with Crippen molar-refractivity contribution in [1.29, 1.82) is 0 Å². The quantitative estimate of drug-likeness (QED) is 0.492. The highest BCUT2D eigenvalue weighted by Gasteiger charge is 2.31. The van der Waals surface area contributed by atoms with Crippen LogP contribution in [-0.4, -0.2) is 22.5 Å². The number of nitrogens with one attached hydrogen (secondary N) is 1. The summed E-state index contributed by atoms with van der Waals surface area (Å²) < 4.78 is 26.3. The first-order valence-electron chi connectivity index (χ1n) is 6.78. The average molecular weight is 308 g/mol. The van der Waals surface area contributed by atoms with Crippen LogP contribution in [0.1, 0.15) is 17.2 Å². The van der Waals surface area contributed by atoms with Crippen molar-refractivity contribution in [1.82, 2.24) is 5.32 Å². The van der Waals surface area contributed by atoms with Crippen LogP contribution in [0.4, 0.5) is 8.78 Å². The van der Waals surface area contributed by atoms with E-state index in [0.717, 1.165) is 11.6 Å². The SMILES string of the molecule is C=C/C(F)=C(N)\C=C\C(O)N[C@@H]1c2ccc(F)cc2C[C@@H]1O. The standard InChI is InChI=1S/C16H18F2N2O2/c1-2-12(18)13(19)5-6-15(22)20-16-11-4-3-10(17)7-9(11)8-14(16)21/h2-7,14-16,20-22H,1,8,19H2/b6-5+,13-12-/t14-,15?,16+/m0/s1. The summed E-state index contributed by atoms with van der Waals surface area (Å²) in [5.74, 6) is -1.06. The van der Waals surface area contributed by atoms with E-state index in [1.54, 1.807) is 6.07 Å². The highest BCUT2D eigenvalue weighted by atomic mass is 19.1. The van der Waals surface area contributed by atoms with Gasteiger partial charge < -0.3 is 15.9 Å². The maximum Gasteiger partial charge on any atom is 0.145 e. The van der Waals surface area contributed by atoms with E-state index in [0.29, 0.717) is 12.0 Å². The van der Waals surface area contributed by atoms with Crippen LogP contribution in [0, 0.1) is 5.82 Å². The van der Waals surface area contributed by atoms with Crippen LogP contribution in [0.2, 0.25) is 0 Å². The van der Waals surface area contributed by atoms with Crippen molar-refractivity contribution in [3.63, 3.8) is 0 Å². The third kappa shape index (κ3) is 3.59. The first-order chi connectivity index (χ1) is 10.4. The Labute approximate surface area is 127 Å². The number of hydrogen-bond donors (Lipinski definition) is 4. The van der Waals surface area contributed by atoms with Gasteiger partial charge in [-0.3, -0.25) is 5.32 Å². The Kier molecular flexibility index (Phi) is 5.07. The van der Waals surface area contributed by atoms with Gasteiger partial charge >= 0.3 is 0 Å². The minimum absolute atomic E-state index is 0.162. The normalized spacial score (nSPS) is 23.3. The number of fused-ring (bicyclic) bond motifs is 1. The largest absolute Gasteiger partial charge is 0.396 e. The Morgan fingerprint density at radius 1 is 1.50 bits per heavy atom. The van der Waals surface area contributed by atoms with Gasteiger partial charge in [0.15, 0.2) is 0 Å². The van der Waals surface area contributed by atoms with Crippen molar-refractivity contribution in [2.45, 2.75) is 24.8 Å². The fourth-order valence-electron chi connectivity index (χ4n) is 2.44. The summed E-state index contributed by atoms with van der Waals surface area (Å²) in [6, 6.07) is 3.70. The molecule has 4 nitrogen and oxygen atoms in total. The molecular formula is C16H18F2N2O2. The summed E-state index contributed by atoms with van der Waals surface area (Å²) >= 11 is 0. The van der Waals surface area contributed by atoms with Gasteiger partial charge in [-0.05, 0) is 41.5 Å². The van der Waals surface area contributed by atoms with Gasteiger partial charge in [0.1, 0.15) is 17.9 Å². The number of nitrogens with two attached hydrogens (primary N) is 1. The summed E-state index contributed by atoms with van der Waals surface area (Å²) in [6.45, 7) is 3.25. The van der Waals surface area contributed by atoms with Crippen LogP contribution in [-0.2, 0) is 6.42 Å². The lowest BCUT2D eigenvalue weighted by Gasteiger charge is -2.20. The van der Waals surface area contributed by atoms with Crippen LogP contribution in [0.3, 0.4) is 0 Å². The zero-order valence-electron chi connectivity index (χ0n) is 11.8. The van der Waals surface area contributed by atoms with Crippen molar-refractivity contribution in [2.24, 2.45) is 5.73 Å². The molecule has 0 saturated heterocycles. The molecule has 1 aromatic carbocycles. The number of aliphatic hydroxyl groups is 2. The molecule has 0 radical (unpaired) electrons. The van der Waals surface area contributed by atoms with Crippen molar-refractivity contribution in [3.8, 4) is 0 Å². The molecule has 1 aromatic rings. The van der Waals surface area contributed by atoms with Crippen molar-refractivity contribution in [2.75, 3.05) is 0 Å². The molecular weight excluding hydrogens is 290 g/mol. The number of halogens is 2. The number of benzene rings is 1. The number of rotatable bonds is 5. The Balaban J connectivity index is 2.08. The maximum atomic E-state index is 13.2. The van der Waals surface area contributed by atoms with Gasteiger partial charge in [-0.15, -0.1) is 0 Å². The first kappa shape index (κ1) is 16.4. The molecule has 2 rings (SSSR count). The summed E-state index contributed by atoms with van der Waals surface area (Å²) in [6.07, 6.45) is 1.80. The van der Waals surface area contributed by atoms with E-state index in [9.17, 15) is 19.0 Å². The molecule has 0 saturated carbocycles. The van der Waals surface area contributed by atoms with Gasteiger partial charge in [-0.25, -0.2) is 8.78 Å². The van der Waals surface area contributed by atoms with E-state index in [4.69, 9.17) is 5.73 Å². The molecule has 1 aliphatic rings. The fourth-order valence-corrected chi connectivity index (χ4v) is 2.44. The van der Waals surface area contributed by atoms with Crippen molar-refractivity contribution in [3.05, 3.63) is 71.5 Å². The lowest BCUT2D eigenvalue weighted by molar-refractivity contribution is 0.0956. The van der Waals surface area contributed by atoms with Gasteiger partial charge in [0.05, 0.1) is 17.8 Å². The monoisotopic (exact) mass is 308 g/mol. The fraction of sp³-hybridized carbons (Fsp3) is 0.250. The molecule has 1 aliphatic carbocycles. The lowest BCUT2D eigenvalue weighted by atomic mass is 10.1. The lowest BCUT2D eigenvalue weighted by Crippen LogP contribution is -2.36. The summed E-state index contributed by atoms with van der Waals surface area (Å²) in [5, 5.41) is 22.7. The molecule has 0 heterocycles. The second-order valence-electron chi connectivity index (χ2n) is 5.07. The molecule has 0 aliphatic heterocycles. The molecule has 5 N–H and O–H groups in total. The van der Waals surface area contributed by atoms with Gasteiger partial charge in [-0.2, -0.15) is 0 Å². The van der Waals surface area contributed by atoms with E-state index in [2.05, 4.69) is 11.9 Å². The van der Waals surface area contributed by atoms with Crippen LogP contribution in [0.5, 0.6) is 0 Å². The average Bonchev–Trinajstić information content (AvgIpc) is 2.79. The molecule has 0 aromatic heterocycles. The van der Waals surface area contributed by atoms with E-state index >= 15 is 0 Å². The molecule has 0 fully saturated rings. The van der Waals surface area contributed by atoms with E-state index in [1.807, 2.05) is 0 Å². The summed E-state index contributed by atoms with van der Waals surface area (Å²) in [4.78, 5) is 0. The highest BCUT2D eigenvalue weighted by Crippen LogP contribution is 2.32. The zero-order chi connectivity index (χ0) is 16.3. The summed E-state index contributed by atoms with van der Waals surface area (Å²) in [5.41, 5.74) is 6.68. The second-order valence-corrected chi connectivity index (χ2v) is 5.07. The maximum absolute atomic E-state index is 13.2. The van der Waals surface area contributed by atoms with Crippen LogP contribution in [0.25, 0.3) is 0 Å². The Morgan fingerprint density at radius 3 is 2.91 bits per heavy atom. The molecule has 1 unspecified atom stereocenters. The van der Waals surface area contributed by atoms with E-state index in [1.165, 1.54) is 24.3 Å². The van der Waals surface area contributed by atoms with Gasteiger partial charge in [0.2, 0.25) is 0 Å². The van der Waals surface area contributed by atoms with Crippen LogP contribution in [0.15, 0.2) is 54.5 Å². The highest BCUT2D eigenvalue weighted by molar-refractivity contribution is 5.37. The second kappa shape index (κ2) is 6.83. The first-order valence-corrected chi connectivity index (χ1v) is 6.78. The Bertz CT molecular complexity index is 629. The number of allylic oxidation sites excluding steroid dienone is 3. The molecule has 0 bridgehead atoms. The third-order valence-electron chi connectivity index (χ3n) is 3.52. The van der Waals surface area contributed by atoms with Crippen molar-refractivity contribution >= 4 is 0 Å². The Morgan fingerprint density at radius 2 is 2.23 bits per heavy atom. The van der Waals surface area contributed by atoms with E-state index in [-0.39, 0.29) is 11.5 Å². The minimum atomic E-state index is -1.15. The zero-order valence-corrected chi connectivity index (χ0v) is 11.8. The molecule has 22 heavy (non-hydrogen) atoms. The van der Waals surface area contributed by atoms with Gasteiger partial charge in [0.25, 0.3) is 0 Å². The van der Waals surface area contributed by atoms with Crippen LogP contribution >= 0.6 is 0 Å². The topological polar surface area (TPSA) is 78.5 Å². The number of hydrogen-bond acceptors (Lipinski definition) is 4. The Hall–Kier alpha value is -2.02. The molecule has 118 valence electrons. The molecule has 6 heteroatoms. The molecule has 3 atom stereocenters. The molecule has 0 spiro atoms. The van der Waals surface area contributed by atoms with Gasteiger partial charge in [-0.1, -0.05) is 12.6 Å². The van der Waals surface area contributed by atoms with E-state index < -0.39 is 24.2 Å².